The lowest BCUT2D eigenvalue weighted by Crippen LogP contribution is -2.57. The molecule has 6 heteroatoms. The number of hydrogen-bond acceptors (Lipinski definition) is 3. The van der Waals surface area contributed by atoms with Crippen molar-refractivity contribution in [3.05, 3.63) is 64.8 Å². The Hall–Kier alpha value is -3.59. The monoisotopic (exact) mass is 481 g/mol. The van der Waals surface area contributed by atoms with Crippen LogP contribution in [-0.2, 0) is 4.79 Å². The van der Waals surface area contributed by atoms with Crippen LogP contribution in [0, 0.1) is 23.2 Å². The molecular weight excluding hydrogens is 450 g/mol. The van der Waals surface area contributed by atoms with Gasteiger partial charge in [-0.1, -0.05) is 30.2 Å². The molecule has 3 aliphatic rings. The Kier molecular flexibility index (Phi) is 5.40. The summed E-state index contributed by atoms with van der Waals surface area (Å²) in [5, 5.41) is 18.0. The summed E-state index contributed by atoms with van der Waals surface area (Å²) in [5.41, 5.74) is 4.93. The molecule has 1 atom stereocenters. The predicted octanol–water partition coefficient (Wildman–Crippen LogP) is 5.27. The smallest absolute Gasteiger partial charge is 0.306 e. The summed E-state index contributed by atoms with van der Waals surface area (Å²) in [7, 11) is 0. The van der Waals surface area contributed by atoms with Gasteiger partial charge in [-0.15, -0.1) is 5.92 Å². The quantitative estimate of drug-likeness (QED) is 0.470. The second-order valence-corrected chi connectivity index (χ2v) is 11.0. The maximum atomic E-state index is 13.5. The summed E-state index contributed by atoms with van der Waals surface area (Å²) in [5.74, 6) is 5.81. The molecule has 3 aromatic rings. The highest BCUT2D eigenvalue weighted by molar-refractivity contribution is 6.07. The number of aliphatic carboxylic acids is 1. The molecule has 2 N–H and O–H groups in total. The van der Waals surface area contributed by atoms with Crippen LogP contribution in [0.5, 0.6) is 0 Å². The maximum absolute atomic E-state index is 13.5. The molecule has 3 aliphatic carbocycles. The zero-order valence-electron chi connectivity index (χ0n) is 20.8. The third-order valence-electron chi connectivity index (χ3n) is 8.50. The van der Waals surface area contributed by atoms with Gasteiger partial charge in [0.15, 0.2) is 0 Å². The fraction of sp³-hybridized carbons (Fsp3) is 0.433. The lowest BCUT2D eigenvalue weighted by Gasteiger charge is -2.56. The summed E-state index contributed by atoms with van der Waals surface area (Å²) >= 11 is 0. The molecule has 1 heterocycles. The Labute approximate surface area is 211 Å². The number of aromatic nitrogens is 2. The molecule has 0 radical (unpaired) electrons. The molecule has 1 unspecified atom stereocenters. The number of benzene rings is 2. The van der Waals surface area contributed by atoms with Crippen LogP contribution in [0.2, 0.25) is 0 Å². The van der Waals surface area contributed by atoms with E-state index in [1.165, 1.54) is 18.4 Å². The van der Waals surface area contributed by atoms with Crippen molar-refractivity contribution in [2.75, 3.05) is 0 Å². The zero-order valence-corrected chi connectivity index (χ0v) is 20.8. The molecule has 3 saturated carbocycles. The van der Waals surface area contributed by atoms with E-state index in [4.69, 9.17) is 5.10 Å². The van der Waals surface area contributed by atoms with E-state index in [9.17, 15) is 14.7 Å². The summed E-state index contributed by atoms with van der Waals surface area (Å²) in [4.78, 5) is 24.7. The number of rotatable bonds is 6. The van der Waals surface area contributed by atoms with E-state index in [-0.39, 0.29) is 29.3 Å². The van der Waals surface area contributed by atoms with Gasteiger partial charge in [-0.25, -0.2) is 0 Å². The number of carboxylic acid groups (broad SMARTS) is 1. The van der Waals surface area contributed by atoms with Crippen molar-refractivity contribution in [3.63, 3.8) is 0 Å². The number of carboxylic acids is 1. The fourth-order valence-electron chi connectivity index (χ4n) is 6.33. The van der Waals surface area contributed by atoms with Gasteiger partial charge in [0.25, 0.3) is 5.91 Å². The fourth-order valence-corrected chi connectivity index (χ4v) is 6.33. The Morgan fingerprint density at radius 3 is 2.47 bits per heavy atom. The number of fused-ring (bicyclic) bond motifs is 1. The molecule has 0 aliphatic heterocycles. The molecule has 1 spiro atoms. The first kappa shape index (κ1) is 22.8. The summed E-state index contributed by atoms with van der Waals surface area (Å²) in [6, 6.07) is 12.6. The molecule has 1 amide bonds. The van der Waals surface area contributed by atoms with Crippen LogP contribution < -0.4 is 5.32 Å². The summed E-state index contributed by atoms with van der Waals surface area (Å²) in [6.45, 7) is 3.92. The van der Waals surface area contributed by atoms with Crippen molar-refractivity contribution in [2.24, 2.45) is 11.3 Å². The average molecular weight is 482 g/mol. The maximum Gasteiger partial charge on any atom is 0.306 e. The van der Waals surface area contributed by atoms with Gasteiger partial charge in [0, 0.05) is 17.0 Å². The molecule has 3 fully saturated rings. The number of hydrogen-bond donors (Lipinski definition) is 2. The zero-order chi connectivity index (χ0) is 25.0. The van der Waals surface area contributed by atoms with Gasteiger partial charge in [-0.3, -0.25) is 14.3 Å². The van der Waals surface area contributed by atoms with Gasteiger partial charge in [-0.2, -0.15) is 5.10 Å². The standard InChI is InChI=1S/C30H31N3O3/c1-3-4-22-11-12-25(28(34)32-24-15-30(16-24)13-23(14-30)29(35)36)27-26(22)17-31-33(27)18(2)19-5-7-20(8-6-19)21-9-10-21/h5-8,11-12,17-18,21,23-24H,9-10,13-16H2,1-2H3,(H,32,34)(H,35,36). The summed E-state index contributed by atoms with van der Waals surface area (Å²) in [6.07, 6.45) is 7.54. The average Bonchev–Trinajstić information content (AvgIpc) is 3.57. The number of carbonyl (C=O) groups is 2. The normalized spacial score (nSPS) is 25.4. The second-order valence-electron chi connectivity index (χ2n) is 11.0. The topological polar surface area (TPSA) is 84.2 Å². The molecule has 2 aromatic carbocycles. The van der Waals surface area contributed by atoms with E-state index in [0.29, 0.717) is 11.5 Å². The van der Waals surface area contributed by atoms with Crippen LogP contribution in [-0.4, -0.2) is 32.8 Å². The number of carbonyl (C=O) groups excluding carboxylic acids is 1. The van der Waals surface area contributed by atoms with Crippen LogP contribution in [0.3, 0.4) is 0 Å². The van der Waals surface area contributed by atoms with Crippen LogP contribution >= 0.6 is 0 Å². The molecular formula is C30H31N3O3. The number of amides is 1. The van der Waals surface area contributed by atoms with Crippen LogP contribution in [0.4, 0.5) is 0 Å². The van der Waals surface area contributed by atoms with E-state index in [1.54, 1.807) is 0 Å². The summed E-state index contributed by atoms with van der Waals surface area (Å²) < 4.78 is 1.95. The minimum absolute atomic E-state index is 0.0398. The van der Waals surface area contributed by atoms with Crippen molar-refractivity contribution < 1.29 is 14.7 Å². The van der Waals surface area contributed by atoms with Crippen molar-refractivity contribution in [1.29, 1.82) is 0 Å². The van der Waals surface area contributed by atoms with Gasteiger partial charge in [-0.05, 0) is 87.0 Å². The Morgan fingerprint density at radius 1 is 1.11 bits per heavy atom. The molecule has 6 rings (SSSR count). The molecule has 184 valence electrons. The van der Waals surface area contributed by atoms with E-state index < -0.39 is 5.97 Å². The molecule has 1 aromatic heterocycles. The van der Waals surface area contributed by atoms with Crippen molar-refractivity contribution in [1.82, 2.24) is 15.1 Å². The third-order valence-corrected chi connectivity index (χ3v) is 8.50. The van der Waals surface area contributed by atoms with E-state index in [0.717, 1.165) is 47.7 Å². The third kappa shape index (κ3) is 3.87. The molecule has 36 heavy (non-hydrogen) atoms. The van der Waals surface area contributed by atoms with E-state index in [1.807, 2.05) is 29.9 Å². The SMILES string of the molecule is CC#Cc1ccc(C(=O)NC2CC3(C2)CC(C(=O)O)C3)c2c1cnn2C(C)c1ccc(C2CC2)cc1. The van der Waals surface area contributed by atoms with Gasteiger partial charge in [0.05, 0.1) is 29.2 Å². The van der Waals surface area contributed by atoms with Crippen molar-refractivity contribution in [2.45, 2.75) is 70.4 Å². The van der Waals surface area contributed by atoms with Crippen LogP contribution in [0.25, 0.3) is 10.9 Å². The number of nitrogens with zero attached hydrogens (tertiary/aromatic N) is 2. The van der Waals surface area contributed by atoms with Gasteiger partial charge in [0.1, 0.15) is 0 Å². The largest absolute Gasteiger partial charge is 0.481 e. The first-order chi connectivity index (χ1) is 17.4. The first-order valence-corrected chi connectivity index (χ1v) is 12.9. The van der Waals surface area contributed by atoms with Gasteiger partial charge < -0.3 is 10.4 Å². The number of nitrogens with one attached hydrogen (secondary N) is 1. The first-order valence-electron chi connectivity index (χ1n) is 12.9. The highest BCUT2D eigenvalue weighted by Crippen LogP contribution is 2.58. The van der Waals surface area contributed by atoms with Gasteiger partial charge in [0.2, 0.25) is 0 Å². The van der Waals surface area contributed by atoms with E-state index >= 15 is 0 Å². The molecule has 0 saturated heterocycles. The Balaban J connectivity index is 1.27. The molecule has 6 nitrogen and oxygen atoms in total. The minimum Gasteiger partial charge on any atom is -0.481 e. The highest BCUT2D eigenvalue weighted by Gasteiger charge is 2.55. The van der Waals surface area contributed by atoms with Crippen LogP contribution in [0.15, 0.2) is 42.6 Å². The van der Waals surface area contributed by atoms with Crippen molar-refractivity contribution >= 4 is 22.8 Å². The van der Waals surface area contributed by atoms with Crippen molar-refractivity contribution in [3.8, 4) is 11.8 Å². The minimum atomic E-state index is -0.699. The Morgan fingerprint density at radius 2 is 1.83 bits per heavy atom. The van der Waals surface area contributed by atoms with Crippen LogP contribution in [0.1, 0.15) is 91.4 Å². The predicted molar refractivity (Wildman–Crippen MR) is 138 cm³/mol. The lowest BCUT2D eigenvalue weighted by atomic mass is 9.50. The lowest BCUT2D eigenvalue weighted by molar-refractivity contribution is -0.155. The van der Waals surface area contributed by atoms with Gasteiger partial charge >= 0.3 is 5.97 Å². The molecule has 0 bridgehead atoms. The van der Waals surface area contributed by atoms with E-state index in [2.05, 4.69) is 48.3 Å². The highest BCUT2D eigenvalue weighted by atomic mass is 16.4. The Bertz CT molecular complexity index is 1410. The second kappa shape index (κ2) is 8.51.